The summed E-state index contributed by atoms with van der Waals surface area (Å²) in [7, 11) is 0. The molecule has 1 atom stereocenters. The van der Waals surface area contributed by atoms with Crippen LogP contribution in [0.4, 0.5) is 4.39 Å². The first kappa shape index (κ1) is 15.3. The van der Waals surface area contributed by atoms with Gasteiger partial charge in [0.2, 0.25) is 5.91 Å². The van der Waals surface area contributed by atoms with Crippen LogP contribution in [0.3, 0.4) is 0 Å². The molecule has 5 heteroatoms. The van der Waals surface area contributed by atoms with Crippen LogP contribution in [0, 0.1) is 11.7 Å². The number of carbonyl (C=O) groups is 1. The van der Waals surface area contributed by atoms with Crippen LogP contribution in [0.1, 0.15) is 25.7 Å². The van der Waals surface area contributed by atoms with Gasteiger partial charge in [-0.1, -0.05) is 0 Å². The Labute approximate surface area is 130 Å². The maximum atomic E-state index is 12.9. The van der Waals surface area contributed by atoms with E-state index in [2.05, 4.69) is 0 Å². The monoisotopic (exact) mass is 307 g/mol. The van der Waals surface area contributed by atoms with Gasteiger partial charge in [-0.05, 0) is 49.9 Å². The van der Waals surface area contributed by atoms with Crippen molar-refractivity contribution in [1.82, 2.24) is 4.90 Å². The van der Waals surface area contributed by atoms with Crippen LogP contribution >= 0.6 is 0 Å². The highest BCUT2D eigenvalue weighted by Gasteiger charge is 2.34. The summed E-state index contributed by atoms with van der Waals surface area (Å²) in [5.41, 5.74) is 0. The Morgan fingerprint density at radius 2 is 1.95 bits per heavy atom. The molecule has 120 valence electrons. The number of benzene rings is 1. The van der Waals surface area contributed by atoms with Crippen LogP contribution in [0.2, 0.25) is 0 Å². The molecule has 0 aliphatic carbocycles. The summed E-state index contributed by atoms with van der Waals surface area (Å²) in [5.74, 6) is 0.713. The van der Waals surface area contributed by atoms with Gasteiger partial charge in [-0.15, -0.1) is 0 Å². The fourth-order valence-electron chi connectivity index (χ4n) is 3.20. The van der Waals surface area contributed by atoms with E-state index in [-0.39, 0.29) is 23.7 Å². The Kier molecular flexibility index (Phi) is 4.93. The van der Waals surface area contributed by atoms with Gasteiger partial charge >= 0.3 is 0 Å². The van der Waals surface area contributed by atoms with Gasteiger partial charge in [0.15, 0.2) is 0 Å². The van der Waals surface area contributed by atoms with E-state index in [9.17, 15) is 9.18 Å². The van der Waals surface area contributed by atoms with E-state index in [4.69, 9.17) is 9.47 Å². The maximum absolute atomic E-state index is 12.9. The molecular formula is C17H22FNO3. The third-order valence-electron chi connectivity index (χ3n) is 4.49. The highest BCUT2D eigenvalue weighted by Crippen LogP contribution is 2.25. The van der Waals surface area contributed by atoms with Crippen molar-refractivity contribution in [2.45, 2.75) is 31.7 Å². The lowest BCUT2D eigenvalue weighted by Crippen LogP contribution is -2.43. The lowest BCUT2D eigenvalue weighted by atomic mass is 9.98. The highest BCUT2D eigenvalue weighted by molar-refractivity contribution is 5.79. The molecule has 2 fully saturated rings. The van der Waals surface area contributed by atoms with E-state index in [1.807, 2.05) is 4.90 Å². The van der Waals surface area contributed by atoms with Crippen LogP contribution in [-0.4, -0.2) is 43.2 Å². The van der Waals surface area contributed by atoms with Gasteiger partial charge < -0.3 is 14.4 Å². The molecule has 0 unspecified atom stereocenters. The molecule has 2 aliphatic heterocycles. The predicted molar refractivity (Wildman–Crippen MR) is 80.2 cm³/mol. The number of hydrogen-bond acceptors (Lipinski definition) is 3. The molecule has 1 aromatic carbocycles. The molecule has 0 radical (unpaired) electrons. The quantitative estimate of drug-likeness (QED) is 0.858. The van der Waals surface area contributed by atoms with Crippen LogP contribution in [-0.2, 0) is 9.53 Å². The number of carbonyl (C=O) groups excluding carboxylic acids is 1. The van der Waals surface area contributed by atoms with Crippen molar-refractivity contribution >= 4 is 5.91 Å². The van der Waals surface area contributed by atoms with Crippen molar-refractivity contribution in [2.75, 3.05) is 26.4 Å². The minimum absolute atomic E-state index is 0.0974. The highest BCUT2D eigenvalue weighted by atomic mass is 19.1. The molecule has 4 nitrogen and oxygen atoms in total. The summed E-state index contributed by atoms with van der Waals surface area (Å²) in [6.07, 6.45) is 3.63. The first-order valence-corrected chi connectivity index (χ1v) is 8.00. The number of amides is 1. The Morgan fingerprint density at radius 1 is 1.23 bits per heavy atom. The molecule has 2 aliphatic rings. The number of rotatable bonds is 4. The summed E-state index contributed by atoms with van der Waals surface area (Å²) in [6.45, 7) is 2.65. The van der Waals surface area contributed by atoms with Crippen molar-refractivity contribution in [3.05, 3.63) is 30.1 Å². The molecule has 1 aromatic rings. The van der Waals surface area contributed by atoms with Gasteiger partial charge in [0.25, 0.3) is 0 Å². The van der Waals surface area contributed by atoms with Crippen LogP contribution in [0.5, 0.6) is 5.75 Å². The average Bonchev–Trinajstić information content (AvgIpc) is 3.03. The summed E-state index contributed by atoms with van der Waals surface area (Å²) in [4.78, 5) is 14.6. The first-order valence-electron chi connectivity index (χ1n) is 8.00. The van der Waals surface area contributed by atoms with Gasteiger partial charge in [-0.25, -0.2) is 4.39 Å². The predicted octanol–water partition coefficient (Wildman–Crippen LogP) is 2.62. The topological polar surface area (TPSA) is 38.8 Å². The van der Waals surface area contributed by atoms with Gasteiger partial charge in [0.1, 0.15) is 18.2 Å². The van der Waals surface area contributed by atoms with E-state index in [1.165, 1.54) is 12.1 Å². The minimum atomic E-state index is -0.274. The zero-order chi connectivity index (χ0) is 15.4. The normalized spacial score (nSPS) is 22.8. The summed E-state index contributed by atoms with van der Waals surface area (Å²) >= 11 is 0. The van der Waals surface area contributed by atoms with Gasteiger partial charge in [0, 0.05) is 25.7 Å². The number of ether oxygens (including phenoxy) is 2. The standard InChI is InChI=1S/C17H22FNO3/c18-14-3-5-16(6-4-14)22-12-15-2-1-9-19(15)17(20)13-7-10-21-11-8-13/h3-6,13,15H,1-2,7-12H2/t15-/m1/s1. The number of hydrogen-bond donors (Lipinski definition) is 0. The summed E-state index contributed by atoms with van der Waals surface area (Å²) in [5, 5.41) is 0. The Balaban J connectivity index is 1.55. The molecule has 0 N–H and O–H groups in total. The average molecular weight is 307 g/mol. The zero-order valence-electron chi connectivity index (χ0n) is 12.7. The molecule has 2 saturated heterocycles. The van der Waals surface area contributed by atoms with E-state index < -0.39 is 0 Å². The molecule has 0 aromatic heterocycles. The van der Waals surface area contributed by atoms with E-state index in [0.717, 1.165) is 32.2 Å². The maximum Gasteiger partial charge on any atom is 0.226 e. The largest absolute Gasteiger partial charge is 0.491 e. The fourth-order valence-corrected chi connectivity index (χ4v) is 3.20. The summed E-state index contributed by atoms with van der Waals surface area (Å²) in [6, 6.07) is 6.13. The third kappa shape index (κ3) is 3.58. The molecule has 1 amide bonds. The Morgan fingerprint density at radius 3 is 2.68 bits per heavy atom. The number of halogens is 1. The van der Waals surface area contributed by atoms with Crippen LogP contribution < -0.4 is 4.74 Å². The van der Waals surface area contributed by atoms with E-state index in [1.54, 1.807) is 12.1 Å². The first-order chi connectivity index (χ1) is 10.7. The zero-order valence-corrected chi connectivity index (χ0v) is 12.7. The second-order valence-corrected chi connectivity index (χ2v) is 5.98. The number of nitrogens with zero attached hydrogens (tertiary/aromatic N) is 1. The molecule has 22 heavy (non-hydrogen) atoms. The SMILES string of the molecule is O=C(C1CCOCC1)N1CCC[C@@H]1COc1ccc(F)cc1. The van der Waals surface area contributed by atoms with Crippen LogP contribution in [0.25, 0.3) is 0 Å². The molecule has 0 spiro atoms. The Hall–Kier alpha value is -1.62. The van der Waals surface area contributed by atoms with Crippen molar-refractivity contribution < 1.29 is 18.7 Å². The molecule has 3 rings (SSSR count). The van der Waals surface area contributed by atoms with Gasteiger partial charge in [0.05, 0.1) is 6.04 Å². The van der Waals surface area contributed by atoms with Crippen LogP contribution in [0.15, 0.2) is 24.3 Å². The fraction of sp³-hybridized carbons (Fsp3) is 0.588. The molecule has 2 heterocycles. The van der Waals surface area contributed by atoms with Gasteiger partial charge in [-0.2, -0.15) is 0 Å². The lowest BCUT2D eigenvalue weighted by Gasteiger charge is -2.30. The van der Waals surface area contributed by atoms with Crippen molar-refractivity contribution in [3.63, 3.8) is 0 Å². The van der Waals surface area contributed by atoms with E-state index >= 15 is 0 Å². The van der Waals surface area contributed by atoms with Crippen molar-refractivity contribution in [3.8, 4) is 5.75 Å². The Bertz CT molecular complexity index is 499. The van der Waals surface area contributed by atoms with Gasteiger partial charge in [-0.3, -0.25) is 4.79 Å². The van der Waals surface area contributed by atoms with Crippen molar-refractivity contribution in [2.24, 2.45) is 5.92 Å². The second-order valence-electron chi connectivity index (χ2n) is 5.98. The van der Waals surface area contributed by atoms with E-state index in [0.29, 0.717) is 25.6 Å². The minimum Gasteiger partial charge on any atom is -0.491 e. The number of likely N-dealkylation sites (tertiary alicyclic amines) is 1. The summed E-state index contributed by atoms with van der Waals surface area (Å²) < 4.78 is 23.9. The molecule has 0 bridgehead atoms. The third-order valence-corrected chi connectivity index (χ3v) is 4.49. The second kappa shape index (κ2) is 7.09. The molecule has 0 saturated carbocycles. The van der Waals surface area contributed by atoms with Crippen molar-refractivity contribution in [1.29, 1.82) is 0 Å². The molecular weight excluding hydrogens is 285 g/mol. The lowest BCUT2D eigenvalue weighted by molar-refractivity contribution is -0.139. The smallest absolute Gasteiger partial charge is 0.226 e.